The molecule has 1 aromatic heterocycles. The Labute approximate surface area is 234 Å². The van der Waals surface area contributed by atoms with Crippen molar-refractivity contribution < 1.29 is 28.3 Å². The van der Waals surface area contributed by atoms with Crippen LogP contribution in [-0.2, 0) is 20.9 Å². The Morgan fingerprint density at radius 3 is 1.93 bits per heavy atom. The predicted molar refractivity (Wildman–Crippen MR) is 158 cm³/mol. The summed E-state index contributed by atoms with van der Waals surface area (Å²) in [4.78, 5) is 28.6. The summed E-state index contributed by atoms with van der Waals surface area (Å²) in [6.45, 7) is 12.2. The van der Waals surface area contributed by atoms with E-state index in [0.717, 1.165) is 11.1 Å². The number of carbonyl (C=O) groups excluding carboxylic acids is 1. The first-order valence-electron chi connectivity index (χ1n) is 12.3. The second-order valence-corrected chi connectivity index (χ2v) is 12.7. The number of aromatic nitrogens is 1. The highest BCUT2D eigenvalue weighted by Gasteiger charge is 2.26. The van der Waals surface area contributed by atoms with Crippen LogP contribution in [-0.4, -0.2) is 34.4 Å². The minimum Gasteiger partial charge on any atom is -0.508 e. The van der Waals surface area contributed by atoms with Crippen molar-refractivity contribution in [1.82, 2.24) is 4.98 Å². The van der Waals surface area contributed by atoms with Gasteiger partial charge in [0.05, 0.1) is 4.90 Å². The van der Waals surface area contributed by atoms with Crippen LogP contribution < -0.4 is 10.7 Å². The largest absolute Gasteiger partial charge is 0.508 e. The fourth-order valence-corrected chi connectivity index (χ4v) is 4.53. The zero-order valence-corrected chi connectivity index (χ0v) is 24.2. The second-order valence-electron chi connectivity index (χ2n) is 11.2. The van der Waals surface area contributed by atoms with Gasteiger partial charge in [-0.05, 0) is 52.3 Å². The van der Waals surface area contributed by atoms with E-state index in [1.165, 1.54) is 18.3 Å². The topological polar surface area (TPSA) is 168 Å². The number of benzene rings is 3. The lowest BCUT2D eigenvalue weighted by Crippen LogP contribution is -2.25. The molecule has 1 amide bonds. The highest BCUT2D eigenvalue weighted by atomic mass is 32.2. The van der Waals surface area contributed by atoms with Crippen LogP contribution in [0.5, 0.6) is 5.75 Å². The van der Waals surface area contributed by atoms with Crippen molar-refractivity contribution in [3.63, 3.8) is 0 Å². The number of rotatable bonds is 3. The summed E-state index contributed by atoms with van der Waals surface area (Å²) in [5.41, 5.74) is 2.06. The molecule has 4 aromatic rings. The van der Waals surface area contributed by atoms with Gasteiger partial charge in [0, 0.05) is 28.9 Å². The van der Waals surface area contributed by atoms with E-state index in [9.17, 15) is 23.1 Å². The number of hydrogen-bond acceptors (Lipinski definition) is 5. The fraction of sp³-hybridized carbons (Fsp3) is 0.267. The number of anilines is 1. The van der Waals surface area contributed by atoms with Gasteiger partial charge in [-0.25, -0.2) is 0 Å². The predicted octanol–water partition coefficient (Wildman–Crippen LogP) is 5.19. The van der Waals surface area contributed by atoms with Gasteiger partial charge in [-0.3, -0.25) is 14.1 Å². The van der Waals surface area contributed by atoms with E-state index >= 15 is 0 Å². The number of carbonyl (C=O) groups is 1. The van der Waals surface area contributed by atoms with Crippen LogP contribution in [0.15, 0.2) is 82.6 Å². The van der Waals surface area contributed by atoms with E-state index in [0.29, 0.717) is 16.6 Å². The van der Waals surface area contributed by atoms with Crippen molar-refractivity contribution in [3.8, 4) is 5.75 Å². The van der Waals surface area contributed by atoms with Gasteiger partial charge in [0.25, 0.3) is 16.0 Å². The van der Waals surface area contributed by atoms with Crippen molar-refractivity contribution in [2.75, 3.05) is 5.32 Å². The normalized spacial score (nSPS) is 11.7. The number of H-pyrrole nitrogens is 1. The molecule has 40 heavy (non-hydrogen) atoms. The molecular weight excluding hydrogens is 532 g/mol. The van der Waals surface area contributed by atoms with Gasteiger partial charge in [0.2, 0.25) is 5.43 Å². The Bertz CT molecular complexity index is 1660. The first-order valence-corrected chi connectivity index (χ1v) is 13.8. The molecule has 0 saturated carbocycles. The van der Waals surface area contributed by atoms with Crippen molar-refractivity contribution in [2.24, 2.45) is 0 Å². The van der Waals surface area contributed by atoms with E-state index in [4.69, 9.17) is 4.55 Å². The van der Waals surface area contributed by atoms with E-state index in [-0.39, 0.29) is 37.9 Å². The molecule has 0 atom stereocenters. The minimum absolute atomic E-state index is 0. The molecule has 0 unspecified atom stereocenters. The third-order valence-corrected chi connectivity index (χ3v) is 6.94. The van der Waals surface area contributed by atoms with Gasteiger partial charge < -0.3 is 20.9 Å². The molecule has 0 radical (unpaired) electrons. The number of fused-ring (bicyclic) bond motifs is 1. The molecule has 10 heteroatoms. The van der Waals surface area contributed by atoms with E-state index in [1.54, 1.807) is 42.5 Å². The Morgan fingerprint density at radius 1 is 0.850 bits per heavy atom. The third-order valence-electron chi connectivity index (χ3n) is 6.07. The Balaban J connectivity index is 0.000000431. The fourth-order valence-electron chi connectivity index (χ4n) is 4.03. The van der Waals surface area contributed by atoms with Gasteiger partial charge in [0.1, 0.15) is 11.3 Å². The summed E-state index contributed by atoms with van der Waals surface area (Å²) in [7, 11) is -4.00. The lowest BCUT2D eigenvalue weighted by molar-refractivity contribution is 0.102. The molecule has 1 heterocycles. The van der Waals surface area contributed by atoms with Crippen molar-refractivity contribution in [2.45, 2.75) is 57.3 Å². The quantitative estimate of drug-likeness (QED) is 0.248. The van der Waals surface area contributed by atoms with Crippen LogP contribution >= 0.6 is 0 Å². The molecular formula is C30H36N2O7S. The van der Waals surface area contributed by atoms with Crippen molar-refractivity contribution >= 4 is 32.6 Å². The summed E-state index contributed by atoms with van der Waals surface area (Å²) in [6, 6.07) is 18.0. The van der Waals surface area contributed by atoms with Gasteiger partial charge in [0.15, 0.2) is 0 Å². The Kier molecular flexibility index (Phi) is 9.69. The smallest absolute Gasteiger partial charge is 0.294 e. The monoisotopic (exact) mass is 568 g/mol. The summed E-state index contributed by atoms with van der Waals surface area (Å²) in [6.07, 6.45) is 1.43. The van der Waals surface area contributed by atoms with Gasteiger partial charge in [-0.15, -0.1) is 0 Å². The SMILES string of the molecule is CC(C)(C)c1cc(C(C)(C)C)c(NC(=O)c2c[nH]c3ccccc3c2=O)cc1O.O.O=S(=O)(O)c1ccccc1. The number of pyridine rings is 1. The number of aromatic hydroxyl groups is 1. The lowest BCUT2D eigenvalue weighted by atomic mass is 9.79. The molecule has 0 aliphatic rings. The summed E-state index contributed by atoms with van der Waals surface area (Å²) in [5, 5.41) is 13.9. The number of para-hydroxylation sites is 1. The second kappa shape index (κ2) is 12.0. The maximum Gasteiger partial charge on any atom is 0.294 e. The van der Waals surface area contributed by atoms with Crippen LogP contribution in [0.4, 0.5) is 5.69 Å². The van der Waals surface area contributed by atoms with Gasteiger partial charge in [-0.1, -0.05) is 71.9 Å². The van der Waals surface area contributed by atoms with E-state index in [2.05, 4.69) is 10.3 Å². The first kappa shape index (κ1) is 32.2. The molecule has 0 aliphatic carbocycles. The van der Waals surface area contributed by atoms with Crippen LogP contribution in [0.25, 0.3) is 10.9 Å². The average molecular weight is 569 g/mol. The summed E-state index contributed by atoms with van der Waals surface area (Å²) < 4.78 is 29.2. The lowest BCUT2D eigenvalue weighted by Gasteiger charge is -2.28. The highest BCUT2D eigenvalue weighted by molar-refractivity contribution is 7.85. The maximum absolute atomic E-state index is 12.9. The van der Waals surface area contributed by atoms with Crippen LogP contribution in [0.2, 0.25) is 0 Å². The molecule has 0 fully saturated rings. The van der Waals surface area contributed by atoms with Gasteiger partial charge in [-0.2, -0.15) is 8.42 Å². The van der Waals surface area contributed by atoms with E-state index in [1.807, 2.05) is 53.7 Å². The maximum atomic E-state index is 12.9. The number of amides is 1. The summed E-state index contributed by atoms with van der Waals surface area (Å²) in [5.74, 6) is -0.390. The number of hydrogen-bond donors (Lipinski definition) is 4. The molecule has 0 saturated heterocycles. The summed E-state index contributed by atoms with van der Waals surface area (Å²) >= 11 is 0. The molecule has 0 bridgehead atoms. The molecule has 6 N–H and O–H groups in total. The Hall–Kier alpha value is -3.99. The highest BCUT2D eigenvalue weighted by Crippen LogP contribution is 2.39. The number of nitrogens with one attached hydrogen (secondary N) is 2. The zero-order valence-electron chi connectivity index (χ0n) is 23.4. The molecule has 3 aromatic carbocycles. The molecule has 0 aliphatic heterocycles. The molecule has 9 nitrogen and oxygen atoms in total. The first-order chi connectivity index (χ1) is 18.0. The van der Waals surface area contributed by atoms with Crippen molar-refractivity contribution in [3.05, 3.63) is 99.8 Å². The molecule has 214 valence electrons. The average Bonchev–Trinajstić information content (AvgIpc) is 2.83. The minimum atomic E-state index is -4.00. The molecule has 0 spiro atoms. The van der Waals surface area contributed by atoms with Crippen LogP contribution in [0.1, 0.15) is 63.0 Å². The van der Waals surface area contributed by atoms with Gasteiger partial charge >= 0.3 is 0 Å². The third kappa shape index (κ3) is 7.56. The Morgan fingerprint density at radius 2 is 1.40 bits per heavy atom. The zero-order chi connectivity index (χ0) is 29.2. The molecule has 4 rings (SSSR count). The van der Waals surface area contributed by atoms with E-state index < -0.39 is 16.0 Å². The van der Waals surface area contributed by atoms with Crippen LogP contribution in [0, 0.1) is 0 Å². The number of aromatic amines is 1. The number of phenols is 1. The van der Waals surface area contributed by atoms with Crippen molar-refractivity contribution in [1.29, 1.82) is 0 Å². The van der Waals surface area contributed by atoms with Crippen LogP contribution in [0.3, 0.4) is 0 Å². The number of phenolic OH excluding ortho intramolecular Hbond substituents is 1. The standard InChI is InChI=1S/C24H28N2O3.C6H6O3S.H2O/c1-23(2,3)16-11-17(24(4,5)6)20(27)12-19(16)26-22(29)15-13-25-18-10-8-7-9-14(18)21(15)28;7-10(8,9)6-4-2-1-3-5-6;/h7-13,27H,1-6H3,(H,25,28)(H,26,29);1-5H,(H,7,8,9);1H2.